The first-order chi connectivity index (χ1) is 8.02. The van der Waals surface area contributed by atoms with Gasteiger partial charge in [-0.1, -0.05) is 18.2 Å². The molecule has 2 rings (SSSR count). The first-order valence-electron chi connectivity index (χ1n) is 5.11. The topological polar surface area (TPSA) is 42.2 Å². The van der Waals surface area contributed by atoms with Gasteiger partial charge in [0.2, 0.25) is 0 Å². The van der Waals surface area contributed by atoms with Gasteiger partial charge < -0.3 is 9.67 Å². The summed E-state index contributed by atoms with van der Waals surface area (Å²) in [4.78, 5) is 11.1. The zero-order valence-corrected chi connectivity index (χ0v) is 9.15. The summed E-state index contributed by atoms with van der Waals surface area (Å²) in [5.74, 6) is -1.09. The van der Waals surface area contributed by atoms with E-state index in [-0.39, 0.29) is 5.56 Å². The van der Waals surface area contributed by atoms with Gasteiger partial charge in [0.1, 0.15) is 0 Å². The number of hydrogen-bond donors (Lipinski definition) is 1. The minimum Gasteiger partial charge on any atom is -0.478 e. The molecule has 0 aliphatic heterocycles. The number of benzene rings is 1. The molecule has 0 unspecified atom stereocenters. The highest BCUT2D eigenvalue weighted by Gasteiger charge is 2.20. The van der Waals surface area contributed by atoms with Crippen molar-refractivity contribution in [3.8, 4) is 0 Å². The lowest BCUT2D eigenvalue weighted by Gasteiger charge is -2.06. The van der Waals surface area contributed by atoms with E-state index in [0.29, 0.717) is 16.6 Å². The maximum absolute atomic E-state index is 12.5. The van der Waals surface area contributed by atoms with Crippen molar-refractivity contribution in [2.45, 2.75) is 19.9 Å². The van der Waals surface area contributed by atoms with Crippen LogP contribution >= 0.6 is 0 Å². The Hall–Kier alpha value is -1.91. The first-order valence-corrected chi connectivity index (χ1v) is 5.11. The van der Waals surface area contributed by atoms with Crippen LogP contribution in [0.5, 0.6) is 0 Å². The number of aromatic nitrogens is 1. The number of aromatic carboxylic acids is 1. The van der Waals surface area contributed by atoms with Gasteiger partial charge in [-0.05, 0) is 13.0 Å². The highest BCUT2D eigenvalue weighted by Crippen LogP contribution is 2.26. The van der Waals surface area contributed by atoms with E-state index in [2.05, 4.69) is 0 Å². The lowest BCUT2D eigenvalue weighted by Crippen LogP contribution is -2.09. The Morgan fingerprint density at radius 2 is 2.06 bits per heavy atom. The van der Waals surface area contributed by atoms with E-state index < -0.39 is 18.9 Å². The Bertz CT molecular complexity index is 575. The van der Waals surface area contributed by atoms with Gasteiger partial charge in [0, 0.05) is 16.6 Å². The van der Waals surface area contributed by atoms with Gasteiger partial charge in [0.25, 0.3) is 6.43 Å². The molecule has 0 bridgehead atoms. The van der Waals surface area contributed by atoms with Crippen LogP contribution in [0, 0.1) is 6.92 Å². The Kier molecular flexibility index (Phi) is 2.83. The lowest BCUT2D eigenvalue weighted by atomic mass is 10.1. The number of fused-ring (bicyclic) bond motifs is 1. The highest BCUT2D eigenvalue weighted by molar-refractivity contribution is 6.05. The zero-order chi connectivity index (χ0) is 12.6. The van der Waals surface area contributed by atoms with Crippen molar-refractivity contribution in [1.82, 2.24) is 4.57 Å². The molecule has 2 aromatic rings. The third-order valence-electron chi connectivity index (χ3n) is 2.77. The van der Waals surface area contributed by atoms with Crippen molar-refractivity contribution in [2.75, 3.05) is 0 Å². The number of hydrogen-bond acceptors (Lipinski definition) is 1. The number of carboxylic acids is 1. The number of nitrogens with zero attached hydrogens (tertiary/aromatic N) is 1. The molecule has 1 N–H and O–H groups in total. The van der Waals surface area contributed by atoms with E-state index >= 15 is 0 Å². The van der Waals surface area contributed by atoms with Crippen LogP contribution in [0.3, 0.4) is 0 Å². The molecule has 0 aliphatic carbocycles. The van der Waals surface area contributed by atoms with Gasteiger partial charge in [-0.2, -0.15) is 0 Å². The summed E-state index contributed by atoms with van der Waals surface area (Å²) < 4.78 is 26.3. The number of para-hydroxylation sites is 1. The van der Waals surface area contributed by atoms with Crippen molar-refractivity contribution >= 4 is 16.9 Å². The molecule has 0 saturated heterocycles. The third kappa shape index (κ3) is 1.88. The van der Waals surface area contributed by atoms with Gasteiger partial charge in [0.05, 0.1) is 12.1 Å². The summed E-state index contributed by atoms with van der Waals surface area (Å²) >= 11 is 0. The number of carbonyl (C=O) groups is 1. The fourth-order valence-corrected chi connectivity index (χ4v) is 2.07. The van der Waals surface area contributed by atoms with Crippen molar-refractivity contribution in [1.29, 1.82) is 0 Å². The molecular formula is C12H11F2NO2. The van der Waals surface area contributed by atoms with Crippen LogP contribution in [-0.2, 0) is 6.54 Å². The van der Waals surface area contributed by atoms with E-state index in [0.717, 1.165) is 0 Å². The quantitative estimate of drug-likeness (QED) is 0.894. The molecule has 0 atom stereocenters. The molecule has 17 heavy (non-hydrogen) atoms. The van der Waals surface area contributed by atoms with Gasteiger partial charge in [-0.15, -0.1) is 0 Å². The summed E-state index contributed by atoms with van der Waals surface area (Å²) in [6, 6.07) is 6.68. The average Bonchev–Trinajstić information content (AvgIpc) is 2.52. The first kappa shape index (κ1) is 11.6. The van der Waals surface area contributed by atoms with E-state index in [4.69, 9.17) is 5.11 Å². The number of alkyl halides is 2. The minimum absolute atomic E-state index is 0.0984. The van der Waals surface area contributed by atoms with Crippen LogP contribution in [-0.4, -0.2) is 22.1 Å². The second-order valence-corrected chi connectivity index (χ2v) is 3.78. The summed E-state index contributed by atoms with van der Waals surface area (Å²) in [7, 11) is 0. The lowest BCUT2D eigenvalue weighted by molar-refractivity contribution is 0.0696. The van der Waals surface area contributed by atoms with Crippen molar-refractivity contribution in [3.63, 3.8) is 0 Å². The molecule has 0 aliphatic rings. The van der Waals surface area contributed by atoms with Gasteiger partial charge >= 0.3 is 5.97 Å². The highest BCUT2D eigenvalue weighted by atomic mass is 19.3. The van der Waals surface area contributed by atoms with Crippen LogP contribution in [0.25, 0.3) is 10.9 Å². The largest absolute Gasteiger partial charge is 0.478 e. The number of rotatable bonds is 3. The SMILES string of the molecule is Cc1c(C(=O)O)c2ccccc2n1CC(F)F. The molecule has 0 radical (unpaired) electrons. The molecule has 1 aromatic carbocycles. The van der Waals surface area contributed by atoms with Crippen LogP contribution in [0.2, 0.25) is 0 Å². The molecule has 1 heterocycles. The van der Waals surface area contributed by atoms with E-state index in [1.165, 1.54) is 4.57 Å². The molecule has 90 valence electrons. The average molecular weight is 239 g/mol. The molecule has 0 spiro atoms. The van der Waals surface area contributed by atoms with Crippen LogP contribution in [0.1, 0.15) is 16.1 Å². The smallest absolute Gasteiger partial charge is 0.338 e. The molecule has 1 aromatic heterocycles. The van der Waals surface area contributed by atoms with Crippen molar-refractivity contribution in [3.05, 3.63) is 35.5 Å². The van der Waals surface area contributed by atoms with E-state index in [1.54, 1.807) is 31.2 Å². The monoisotopic (exact) mass is 239 g/mol. The Balaban J connectivity index is 2.75. The molecular weight excluding hydrogens is 228 g/mol. The summed E-state index contributed by atoms with van der Waals surface area (Å²) in [6.07, 6.45) is -2.51. The van der Waals surface area contributed by atoms with E-state index in [9.17, 15) is 13.6 Å². The number of carboxylic acid groups (broad SMARTS) is 1. The maximum Gasteiger partial charge on any atom is 0.338 e. The van der Waals surface area contributed by atoms with Gasteiger partial charge in [0.15, 0.2) is 0 Å². The fraction of sp³-hybridized carbons (Fsp3) is 0.250. The molecule has 3 nitrogen and oxygen atoms in total. The minimum atomic E-state index is -2.51. The summed E-state index contributed by atoms with van der Waals surface area (Å²) in [5.41, 5.74) is 0.989. The van der Waals surface area contributed by atoms with Crippen molar-refractivity contribution < 1.29 is 18.7 Å². The normalized spacial score (nSPS) is 11.3. The number of halogens is 2. The third-order valence-corrected chi connectivity index (χ3v) is 2.77. The predicted molar refractivity (Wildman–Crippen MR) is 59.6 cm³/mol. The van der Waals surface area contributed by atoms with Crippen molar-refractivity contribution in [2.24, 2.45) is 0 Å². The second-order valence-electron chi connectivity index (χ2n) is 3.78. The summed E-state index contributed by atoms with van der Waals surface area (Å²) in [6.45, 7) is 1.06. The van der Waals surface area contributed by atoms with Crippen LogP contribution in [0.4, 0.5) is 8.78 Å². The Morgan fingerprint density at radius 3 is 2.65 bits per heavy atom. The van der Waals surface area contributed by atoms with Crippen LogP contribution < -0.4 is 0 Å². The molecule has 0 amide bonds. The Labute approximate surface area is 96.3 Å². The van der Waals surface area contributed by atoms with Gasteiger partial charge in [-0.25, -0.2) is 13.6 Å². The Morgan fingerprint density at radius 1 is 1.41 bits per heavy atom. The zero-order valence-electron chi connectivity index (χ0n) is 9.15. The van der Waals surface area contributed by atoms with Crippen LogP contribution in [0.15, 0.2) is 24.3 Å². The molecule has 0 saturated carbocycles. The predicted octanol–water partition coefficient (Wildman–Crippen LogP) is 2.91. The second kappa shape index (κ2) is 4.16. The molecule has 5 heteroatoms. The van der Waals surface area contributed by atoms with E-state index in [1.807, 2.05) is 0 Å². The maximum atomic E-state index is 12.5. The fourth-order valence-electron chi connectivity index (χ4n) is 2.07. The standard InChI is InChI=1S/C12H11F2NO2/c1-7-11(12(16)17)8-4-2-3-5-9(8)15(7)6-10(13)14/h2-5,10H,6H2,1H3,(H,16,17). The summed E-state index contributed by atoms with van der Waals surface area (Å²) in [5, 5.41) is 9.61. The molecule has 0 fully saturated rings. The van der Waals surface area contributed by atoms with Gasteiger partial charge in [-0.3, -0.25) is 0 Å².